The van der Waals surface area contributed by atoms with Crippen LogP contribution < -0.4 is 0 Å². The van der Waals surface area contributed by atoms with Crippen LogP contribution in [0.5, 0.6) is 0 Å². The van der Waals surface area contributed by atoms with E-state index in [4.69, 9.17) is 0 Å². The quantitative estimate of drug-likeness (QED) is 0.579. The third-order valence-corrected chi connectivity index (χ3v) is 3.15. The second kappa shape index (κ2) is 5.13. The summed E-state index contributed by atoms with van der Waals surface area (Å²) in [6, 6.07) is 3.53. The SMILES string of the molecule is O=C(CCc1ccc([N+](=O)[O-])cc1[N+](=O)[O-])C1CC1. The number of carbonyl (C=O) groups excluding carboxylic acids is 1. The third kappa shape index (κ3) is 3.12. The Hall–Kier alpha value is -2.31. The van der Waals surface area contributed by atoms with E-state index in [0.717, 1.165) is 18.9 Å². The summed E-state index contributed by atoms with van der Waals surface area (Å²) in [6.45, 7) is 0. The molecule has 0 heterocycles. The van der Waals surface area contributed by atoms with Crippen LogP contribution in [0.1, 0.15) is 24.8 Å². The molecule has 1 aromatic rings. The highest BCUT2D eigenvalue weighted by atomic mass is 16.6. The molecule has 0 unspecified atom stereocenters. The Morgan fingerprint density at radius 2 is 1.89 bits per heavy atom. The molecule has 100 valence electrons. The van der Waals surface area contributed by atoms with Gasteiger partial charge >= 0.3 is 0 Å². The van der Waals surface area contributed by atoms with E-state index in [2.05, 4.69) is 0 Å². The minimum Gasteiger partial charge on any atom is -0.299 e. The summed E-state index contributed by atoms with van der Waals surface area (Å²) in [5, 5.41) is 21.5. The number of nitro benzene ring substituents is 2. The summed E-state index contributed by atoms with van der Waals surface area (Å²) in [7, 11) is 0. The van der Waals surface area contributed by atoms with Gasteiger partial charge in [-0.3, -0.25) is 25.0 Å². The molecule has 19 heavy (non-hydrogen) atoms. The second-order valence-corrected chi connectivity index (χ2v) is 4.57. The van der Waals surface area contributed by atoms with Crippen LogP contribution in [-0.2, 0) is 11.2 Å². The van der Waals surface area contributed by atoms with Crippen LogP contribution in [0.2, 0.25) is 0 Å². The molecule has 1 aliphatic carbocycles. The Labute approximate surface area is 108 Å². The zero-order chi connectivity index (χ0) is 14.0. The maximum atomic E-state index is 11.6. The minimum atomic E-state index is -0.674. The standard InChI is InChI=1S/C12H12N2O5/c15-12(9-1-2-9)6-4-8-3-5-10(13(16)17)7-11(8)14(18)19/h3,5,7,9H,1-2,4,6H2. The first-order valence-electron chi connectivity index (χ1n) is 5.93. The van der Waals surface area contributed by atoms with Crippen LogP contribution in [0.25, 0.3) is 0 Å². The van der Waals surface area contributed by atoms with Gasteiger partial charge in [-0.1, -0.05) is 0 Å². The van der Waals surface area contributed by atoms with Crippen LogP contribution in [-0.4, -0.2) is 15.6 Å². The van der Waals surface area contributed by atoms with E-state index in [1.165, 1.54) is 12.1 Å². The average molecular weight is 264 g/mol. The van der Waals surface area contributed by atoms with Crippen molar-refractivity contribution in [3.05, 3.63) is 44.0 Å². The second-order valence-electron chi connectivity index (χ2n) is 4.57. The van der Waals surface area contributed by atoms with Crippen molar-refractivity contribution in [1.29, 1.82) is 0 Å². The van der Waals surface area contributed by atoms with Crippen molar-refractivity contribution in [3.63, 3.8) is 0 Å². The highest BCUT2D eigenvalue weighted by Gasteiger charge is 2.29. The van der Waals surface area contributed by atoms with Crippen molar-refractivity contribution in [3.8, 4) is 0 Å². The summed E-state index contributed by atoms with van der Waals surface area (Å²) >= 11 is 0. The zero-order valence-electron chi connectivity index (χ0n) is 10.1. The summed E-state index contributed by atoms with van der Waals surface area (Å²) in [4.78, 5) is 31.7. The molecule has 1 saturated carbocycles. The molecule has 0 N–H and O–H groups in total. The Balaban J connectivity index is 2.16. The molecule has 2 rings (SSSR count). The molecular formula is C12H12N2O5. The topological polar surface area (TPSA) is 103 Å². The summed E-state index contributed by atoms with van der Waals surface area (Å²) < 4.78 is 0. The predicted molar refractivity (Wildman–Crippen MR) is 65.8 cm³/mol. The monoisotopic (exact) mass is 264 g/mol. The van der Waals surface area contributed by atoms with E-state index in [9.17, 15) is 25.0 Å². The number of hydrogen-bond donors (Lipinski definition) is 0. The van der Waals surface area contributed by atoms with Gasteiger partial charge in [-0.05, 0) is 25.3 Å². The number of hydrogen-bond acceptors (Lipinski definition) is 5. The number of ketones is 1. The lowest BCUT2D eigenvalue weighted by Gasteiger charge is -2.02. The van der Waals surface area contributed by atoms with Crippen molar-refractivity contribution in [1.82, 2.24) is 0 Å². The minimum absolute atomic E-state index is 0.118. The van der Waals surface area contributed by atoms with Crippen molar-refractivity contribution in [2.75, 3.05) is 0 Å². The molecule has 1 fully saturated rings. The summed E-state index contributed by atoms with van der Waals surface area (Å²) in [6.07, 6.45) is 2.31. The third-order valence-electron chi connectivity index (χ3n) is 3.15. The molecule has 0 amide bonds. The van der Waals surface area contributed by atoms with Gasteiger partial charge in [-0.2, -0.15) is 0 Å². The van der Waals surface area contributed by atoms with Gasteiger partial charge in [-0.25, -0.2) is 0 Å². The molecule has 1 aromatic carbocycles. The average Bonchev–Trinajstić information content (AvgIpc) is 3.19. The van der Waals surface area contributed by atoms with Gasteiger partial charge in [0.05, 0.1) is 15.9 Å². The van der Waals surface area contributed by atoms with Crippen molar-refractivity contribution in [2.24, 2.45) is 5.92 Å². The first-order valence-corrected chi connectivity index (χ1v) is 5.93. The van der Waals surface area contributed by atoms with Gasteiger partial charge in [0.1, 0.15) is 5.78 Å². The number of aryl methyl sites for hydroxylation is 1. The van der Waals surface area contributed by atoms with Crippen LogP contribution in [0.15, 0.2) is 18.2 Å². The highest BCUT2D eigenvalue weighted by molar-refractivity contribution is 5.83. The van der Waals surface area contributed by atoms with Gasteiger partial charge in [0.2, 0.25) is 0 Å². The number of Topliss-reactive ketones (excluding diaryl/α,β-unsaturated/α-hetero) is 1. The lowest BCUT2D eigenvalue weighted by atomic mass is 10.0. The summed E-state index contributed by atoms with van der Waals surface area (Å²) in [5.74, 6) is 0.241. The molecule has 7 heteroatoms. The van der Waals surface area contributed by atoms with Crippen molar-refractivity contribution >= 4 is 17.2 Å². The predicted octanol–water partition coefficient (Wildman–Crippen LogP) is 2.41. The fraction of sp³-hybridized carbons (Fsp3) is 0.417. The number of benzene rings is 1. The first-order chi connectivity index (χ1) is 8.99. The van der Waals surface area contributed by atoms with Crippen molar-refractivity contribution in [2.45, 2.75) is 25.7 Å². The molecule has 0 radical (unpaired) electrons. The van der Waals surface area contributed by atoms with Crippen LogP contribution in [0.4, 0.5) is 11.4 Å². The Bertz CT molecular complexity index is 551. The normalized spacial score (nSPS) is 14.1. The van der Waals surface area contributed by atoms with Gasteiger partial charge in [0, 0.05) is 24.0 Å². The van der Waals surface area contributed by atoms with E-state index < -0.39 is 9.85 Å². The smallest absolute Gasteiger partial charge is 0.279 e. The number of rotatable bonds is 6. The number of nitrogens with zero attached hydrogens (tertiary/aromatic N) is 2. The maximum absolute atomic E-state index is 11.6. The molecule has 0 atom stereocenters. The first kappa shape index (κ1) is 13.1. The van der Waals surface area contributed by atoms with Gasteiger partial charge < -0.3 is 0 Å². The Kier molecular flexibility index (Phi) is 3.55. The molecule has 0 spiro atoms. The molecule has 7 nitrogen and oxygen atoms in total. The number of carbonyl (C=O) groups is 1. The fourth-order valence-corrected chi connectivity index (χ4v) is 1.91. The van der Waals surface area contributed by atoms with E-state index >= 15 is 0 Å². The van der Waals surface area contributed by atoms with Gasteiger partial charge in [0.25, 0.3) is 11.4 Å². The molecule has 0 aromatic heterocycles. The maximum Gasteiger partial charge on any atom is 0.279 e. The molecule has 0 bridgehead atoms. The molecule has 1 aliphatic rings. The Morgan fingerprint density at radius 3 is 2.42 bits per heavy atom. The molecular weight excluding hydrogens is 252 g/mol. The lowest BCUT2D eigenvalue weighted by molar-refractivity contribution is -0.394. The van der Waals surface area contributed by atoms with E-state index in [0.29, 0.717) is 5.56 Å². The van der Waals surface area contributed by atoms with E-state index in [-0.39, 0.29) is 35.9 Å². The molecule has 0 saturated heterocycles. The van der Waals surface area contributed by atoms with Crippen LogP contribution >= 0.6 is 0 Å². The van der Waals surface area contributed by atoms with E-state index in [1.807, 2.05) is 0 Å². The summed E-state index contributed by atoms with van der Waals surface area (Å²) in [5.41, 5.74) is -0.244. The van der Waals surface area contributed by atoms with Crippen molar-refractivity contribution < 1.29 is 14.6 Å². The largest absolute Gasteiger partial charge is 0.299 e. The van der Waals surface area contributed by atoms with Gasteiger partial charge in [0.15, 0.2) is 0 Å². The zero-order valence-corrected chi connectivity index (χ0v) is 10.1. The van der Waals surface area contributed by atoms with E-state index in [1.54, 1.807) is 0 Å². The lowest BCUT2D eigenvalue weighted by Crippen LogP contribution is -2.04. The van der Waals surface area contributed by atoms with Gasteiger partial charge in [-0.15, -0.1) is 0 Å². The van der Waals surface area contributed by atoms with Crippen LogP contribution in [0, 0.1) is 26.1 Å². The number of nitro groups is 2. The fourth-order valence-electron chi connectivity index (χ4n) is 1.91. The highest BCUT2D eigenvalue weighted by Crippen LogP contribution is 2.32. The number of non-ortho nitro benzene ring substituents is 1. The molecule has 0 aliphatic heterocycles. The Morgan fingerprint density at radius 1 is 1.21 bits per heavy atom. The van der Waals surface area contributed by atoms with Crippen LogP contribution in [0.3, 0.4) is 0 Å².